The summed E-state index contributed by atoms with van der Waals surface area (Å²) in [4.78, 5) is 21.6. The van der Waals surface area contributed by atoms with Gasteiger partial charge in [-0.3, -0.25) is 4.79 Å². The van der Waals surface area contributed by atoms with Crippen molar-refractivity contribution in [1.29, 1.82) is 0 Å². The van der Waals surface area contributed by atoms with Crippen LogP contribution in [-0.2, 0) is 4.79 Å². The molecule has 35 heavy (non-hydrogen) atoms. The lowest BCUT2D eigenvalue weighted by Gasteiger charge is -2.17. The van der Waals surface area contributed by atoms with Crippen LogP contribution in [0.15, 0.2) is 35.5 Å². The first-order valence-corrected chi connectivity index (χ1v) is 12.8. The Morgan fingerprint density at radius 2 is 2.00 bits per heavy atom. The summed E-state index contributed by atoms with van der Waals surface area (Å²) in [5.41, 5.74) is 0.895. The van der Waals surface area contributed by atoms with Crippen molar-refractivity contribution < 1.29 is 19.7 Å². The van der Waals surface area contributed by atoms with Gasteiger partial charge in [-0.25, -0.2) is 14.6 Å². The van der Waals surface area contributed by atoms with Crippen LogP contribution in [0, 0.1) is 5.92 Å². The average molecular weight is 502 g/mol. The number of ether oxygens (including phenoxy) is 1. The largest absolute Gasteiger partial charge is 0.492 e. The SMILES string of the molecule is CCCSc1nc(NCCOc2ccccc2)c2nnn([C@@H]3C[C@H](C(=O)NCC)[C@@H](O)[C@H]3O)c2n1. The minimum absolute atomic E-state index is 0.224. The van der Waals surface area contributed by atoms with Gasteiger partial charge in [0.2, 0.25) is 5.91 Å². The van der Waals surface area contributed by atoms with Crippen LogP contribution in [-0.4, -0.2) is 78.7 Å². The van der Waals surface area contributed by atoms with Crippen molar-refractivity contribution in [3.05, 3.63) is 30.3 Å². The van der Waals surface area contributed by atoms with E-state index in [1.54, 1.807) is 0 Å². The first-order valence-electron chi connectivity index (χ1n) is 11.8. The molecule has 0 aliphatic heterocycles. The van der Waals surface area contributed by atoms with Crippen molar-refractivity contribution in [2.45, 2.75) is 50.1 Å². The summed E-state index contributed by atoms with van der Waals surface area (Å²) in [6.45, 7) is 5.24. The highest BCUT2D eigenvalue weighted by Gasteiger charge is 2.47. The zero-order valence-corrected chi connectivity index (χ0v) is 20.6. The Hall–Kier alpha value is -2.96. The molecule has 1 aliphatic rings. The Labute approximate surface area is 207 Å². The lowest BCUT2D eigenvalue weighted by molar-refractivity contribution is -0.128. The number of aliphatic hydroxyl groups is 2. The van der Waals surface area contributed by atoms with Crippen LogP contribution in [0.2, 0.25) is 0 Å². The van der Waals surface area contributed by atoms with E-state index in [9.17, 15) is 15.0 Å². The van der Waals surface area contributed by atoms with Crippen LogP contribution in [0.1, 0.15) is 32.7 Å². The summed E-state index contributed by atoms with van der Waals surface area (Å²) < 4.78 is 7.26. The normalized spacial score (nSPS) is 21.8. The number of hydrogen-bond acceptors (Lipinski definition) is 10. The predicted octanol–water partition coefficient (Wildman–Crippen LogP) is 1.63. The average Bonchev–Trinajstić information content (AvgIpc) is 3.42. The molecule has 4 atom stereocenters. The number of carbonyl (C=O) groups excluding carboxylic acids is 1. The van der Waals surface area contributed by atoms with Gasteiger partial charge in [0.25, 0.3) is 0 Å². The zero-order chi connectivity index (χ0) is 24.8. The quantitative estimate of drug-likeness (QED) is 0.174. The number of nitrogens with zero attached hydrogens (tertiary/aromatic N) is 5. The van der Waals surface area contributed by atoms with Crippen LogP contribution in [0.25, 0.3) is 11.2 Å². The predicted molar refractivity (Wildman–Crippen MR) is 132 cm³/mol. The van der Waals surface area contributed by atoms with Crippen LogP contribution in [0.3, 0.4) is 0 Å². The Balaban J connectivity index is 1.57. The minimum atomic E-state index is -1.20. The van der Waals surface area contributed by atoms with Gasteiger partial charge in [0.1, 0.15) is 18.5 Å². The van der Waals surface area contributed by atoms with E-state index in [2.05, 4.69) is 37.8 Å². The molecule has 1 aliphatic carbocycles. The molecule has 1 fully saturated rings. The highest BCUT2D eigenvalue weighted by Crippen LogP contribution is 2.37. The molecule has 3 aromatic rings. The van der Waals surface area contributed by atoms with E-state index in [0.717, 1.165) is 17.9 Å². The van der Waals surface area contributed by atoms with E-state index in [0.29, 0.717) is 41.8 Å². The van der Waals surface area contributed by atoms with E-state index in [1.807, 2.05) is 37.3 Å². The van der Waals surface area contributed by atoms with Crippen molar-refractivity contribution in [2.24, 2.45) is 5.92 Å². The second-order valence-corrected chi connectivity index (χ2v) is 9.35. The van der Waals surface area contributed by atoms with Crippen LogP contribution in [0.4, 0.5) is 5.82 Å². The number of aromatic nitrogens is 5. The maximum Gasteiger partial charge on any atom is 0.225 e. The van der Waals surface area contributed by atoms with Crippen molar-refractivity contribution in [3.63, 3.8) is 0 Å². The monoisotopic (exact) mass is 501 g/mol. The Kier molecular flexibility index (Phi) is 8.37. The number of aliphatic hydroxyl groups excluding tert-OH is 2. The molecule has 1 amide bonds. The van der Waals surface area contributed by atoms with Gasteiger partial charge in [0.05, 0.1) is 24.6 Å². The van der Waals surface area contributed by atoms with Crippen LogP contribution < -0.4 is 15.4 Å². The third-order valence-electron chi connectivity index (χ3n) is 5.80. The molecule has 0 radical (unpaired) electrons. The number of fused-ring (bicyclic) bond motifs is 1. The molecule has 0 spiro atoms. The smallest absolute Gasteiger partial charge is 0.225 e. The molecular weight excluding hydrogens is 470 g/mol. The molecule has 1 aromatic carbocycles. The summed E-state index contributed by atoms with van der Waals surface area (Å²) >= 11 is 1.52. The second-order valence-electron chi connectivity index (χ2n) is 8.28. The number of hydrogen-bond donors (Lipinski definition) is 4. The highest BCUT2D eigenvalue weighted by atomic mass is 32.2. The molecule has 12 heteroatoms. The topological polar surface area (TPSA) is 147 Å². The zero-order valence-electron chi connectivity index (χ0n) is 19.8. The number of para-hydroxylation sites is 1. The van der Waals surface area contributed by atoms with Crippen molar-refractivity contribution in [1.82, 2.24) is 30.3 Å². The minimum Gasteiger partial charge on any atom is -0.492 e. The first-order chi connectivity index (χ1) is 17.0. The summed E-state index contributed by atoms with van der Waals surface area (Å²) in [5, 5.41) is 36.3. The lowest BCUT2D eigenvalue weighted by atomic mass is 10.0. The van der Waals surface area contributed by atoms with E-state index >= 15 is 0 Å². The summed E-state index contributed by atoms with van der Waals surface area (Å²) in [5.74, 6) is 1.11. The molecule has 2 aromatic heterocycles. The number of amides is 1. The number of nitrogens with one attached hydrogen (secondary N) is 2. The first kappa shape index (κ1) is 25.1. The molecule has 1 saturated carbocycles. The Morgan fingerprint density at radius 1 is 1.20 bits per heavy atom. The Bertz CT molecular complexity index is 1130. The van der Waals surface area contributed by atoms with Crippen molar-refractivity contribution >= 4 is 34.7 Å². The number of benzene rings is 1. The maximum absolute atomic E-state index is 12.4. The summed E-state index contributed by atoms with van der Waals surface area (Å²) in [7, 11) is 0. The van der Waals surface area contributed by atoms with Gasteiger partial charge in [-0.05, 0) is 31.9 Å². The van der Waals surface area contributed by atoms with Gasteiger partial charge in [0, 0.05) is 12.3 Å². The second kappa shape index (κ2) is 11.6. The molecule has 188 valence electrons. The van der Waals surface area contributed by atoms with E-state index in [-0.39, 0.29) is 12.3 Å². The number of rotatable bonds is 11. The lowest BCUT2D eigenvalue weighted by Crippen LogP contribution is -2.38. The molecule has 4 N–H and O–H groups in total. The van der Waals surface area contributed by atoms with Gasteiger partial charge in [-0.2, -0.15) is 0 Å². The van der Waals surface area contributed by atoms with Gasteiger partial charge in [0.15, 0.2) is 22.1 Å². The third-order valence-corrected chi connectivity index (χ3v) is 6.85. The molecular formula is C23H31N7O4S. The van der Waals surface area contributed by atoms with Gasteiger partial charge >= 0.3 is 0 Å². The van der Waals surface area contributed by atoms with Gasteiger partial charge < -0.3 is 25.6 Å². The van der Waals surface area contributed by atoms with Gasteiger partial charge in [-0.15, -0.1) is 5.10 Å². The molecule has 4 rings (SSSR count). The molecule has 2 heterocycles. The highest BCUT2D eigenvalue weighted by molar-refractivity contribution is 7.99. The van der Waals surface area contributed by atoms with Crippen molar-refractivity contribution in [2.75, 3.05) is 30.8 Å². The summed E-state index contributed by atoms with van der Waals surface area (Å²) in [6.07, 6.45) is -1.19. The molecule has 0 saturated heterocycles. The third kappa shape index (κ3) is 5.65. The molecule has 11 nitrogen and oxygen atoms in total. The fourth-order valence-corrected chi connectivity index (χ4v) is 4.78. The molecule has 0 unspecified atom stereocenters. The van der Waals surface area contributed by atoms with Crippen LogP contribution in [0.5, 0.6) is 5.75 Å². The fourth-order valence-electron chi connectivity index (χ4n) is 4.09. The van der Waals surface area contributed by atoms with E-state index in [4.69, 9.17) is 4.74 Å². The number of anilines is 1. The number of carbonyl (C=O) groups is 1. The van der Waals surface area contributed by atoms with E-state index < -0.39 is 24.2 Å². The van der Waals surface area contributed by atoms with Gasteiger partial charge in [-0.1, -0.05) is 42.1 Å². The van der Waals surface area contributed by atoms with E-state index in [1.165, 1.54) is 16.4 Å². The Morgan fingerprint density at radius 3 is 2.74 bits per heavy atom. The van der Waals surface area contributed by atoms with Crippen molar-refractivity contribution in [3.8, 4) is 5.75 Å². The van der Waals surface area contributed by atoms with Crippen LogP contribution >= 0.6 is 11.8 Å². The fraction of sp³-hybridized carbons (Fsp3) is 0.522. The number of thioether (sulfide) groups is 1. The maximum atomic E-state index is 12.4. The molecule has 0 bridgehead atoms. The standard InChI is InChI=1S/C23H31N7O4S/c1-3-12-35-23-26-20(25-10-11-34-14-8-6-5-7-9-14)17-21(27-23)30(29-28-17)16-13-15(18(31)19(16)32)22(33)24-4-2/h5-9,15-16,18-19,31-32H,3-4,10-13H2,1-2H3,(H,24,33)(H,25,26,27)/t15-,16+,18+,19-/m0/s1. The summed E-state index contributed by atoms with van der Waals surface area (Å²) in [6, 6.07) is 8.90.